The van der Waals surface area contributed by atoms with Crippen molar-refractivity contribution in [2.24, 2.45) is 0 Å². The number of esters is 1. The smallest absolute Gasteiger partial charge is 0.306 e. The third-order valence-corrected chi connectivity index (χ3v) is 4.59. The monoisotopic (exact) mass is 395 g/mol. The summed E-state index contributed by atoms with van der Waals surface area (Å²) in [5.41, 5.74) is 1.20. The molecule has 0 saturated heterocycles. The molecule has 1 aromatic heterocycles. The van der Waals surface area contributed by atoms with E-state index in [9.17, 15) is 4.79 Å². The Morgan fingerprint density at radius 1 is 1.19 bits per heavy atom. The zero-order chi connectivity index (χ0) is 19.2. The van der Waals surface area contributed by atoms with Gasteiger partial charge in [0.05, 0.1) is 11.0 Å². The molecule has 0 aliphatic heterocycles. The molecule has 26 heavy (non-hydrogen) atoms. The van der Waals surface area contributed by atoms with Gasteiger partial charge >= 0.3 is 5.97 Å². The second kappa shape index (κ2) is 9.42. The summed E-state index contributed by atoms with van der Waals surface area (Å²) in [5, 5.41) is 3.62. The maximum atomic E-state index is 11.7. The van der Waals surface area contributed by atoms with Crippen molar-refractivity contribution in [3.05, 3.63) is 23.4 Å². The average molecular weight is 396 g/mol. The Morgan fingerprint density at radius 3 is 2.65 bits per heavy atom. The third-order valence-electron chi connectivity index (χ3n) is 3.60. The van der Waals surface area contributed by atoms with Gasteiger partial charge in [0.15, 0.2) is 11.0 Å². The Bertz CT molecular complexity index is 762. The van der Waals surface area contributed by atoms with Crippen molar-refractivity contribution in [2.75, 3.05) is 18.1 Å². The normalized spacial score (nSPS) is 11.6. The van der Waals surface area contributed by atoms with Gasteiger partial charge in [-0.1, -0.05) is 18.0 Å². The van der Waals surface area contributed by atoms with E-state index in [1.165, 1.54) is 0 Å². The Hall–Kier alpha value is -1.53. The summed E-state index contributed by atoms with van der Waals surface area (Å²) < 4.78 is 5.30. The summed E-state index contributed by atoms with van der Waals surface area (Å²) in [7, 11) is 0. The van der Waals surface area contributed by atoms with Gasteiger partial charge in [0.1, 0.15) is 5.60 Å². The molecule has 142 valence electrons. The van der Waals surface area contributed by atoms with Gasteiger partial charge in [0, 0.05) is 17.9 Å². The van der Waals surface area contributed by atoms with Crippen molar-refractivity contribution in [1.29, 1.82) is 0 Å². The Kier molecular flexibility index (Phi) is 7.53. The van der Waals surface area contributed by atoms with Crippen LogP contribution in [0.25, 0.3) is 11.0 Å². The van der Waals surface area contributed by atoms with Crippen molar-refractivity contribution >= 4 is 46.2 Å². The molecule has 0 saturated carbocycles. The van der Waals surface area contributed by atoms with Crippen LogP contribution in [0.1, 0.15) is 46.5 Å². The van der Waals surface area contributed by atoms with Gasteiger partial charge in [-0.3, -0.25) is 4.79 Å². The number of unbranched alkanes of at least 4 members (excludes halogenated alkanes) is 2. The number of fused-ring (bicyclic) bond motifs is 1. The highest BCUT2D eigenvalue weighted by Crippen LogP contribution is 2.24. The SMILES string of the molecule is CSc1ccc2nc(Cl)c(NCCCCCC(=O)OC(C)(C)C)nc2c1. The van der Waals surface area contributed by atoms with E-state index in [4.69, 9.17) is 16.3 Å². The average Bonchev–Trinajstić information content (AvgIpc) is 2.56. The van der Waals surface area contributed by atoms with Crippen molar-refractivity contribution in [1.82, 2.24) is 9.97 Å². The van der Waals surface area contributed by atoms with Crippen molar-refractivity contribution in [3.63, 3.8) is 0 Å². The molecule has 0 radical (unpaired) electrons. The summed E-state index contributed by atoms with van der Waals surface area (Å²) in [4.78, 5) is 21.8. The van der Waals surface area contributed by atoms with Crippen LogP contribution in [0.15, 0.2) is 23.1 Å². The van der Waals surface area contributed by atoms with Crippen LogP contribution in [0.2, 0.25) is 5.15 Å². The number of nitrogens with zero attached hydrogens (tertiary/aromatic N) is 2. The Labute approximate surface area is 164 Å². The molecule has 0 amide bonds. The minimum absolute atomic E-state index is 0.140. The number of aromatic nitrogens is 2. The Balaban J connectivity index is 1.79. The first kappa shape index (κ1) is 20.8. The lowest BCUT2D eigenvalue weighted by atomic mass is 10.1. The highest BCUT2D eigenvalue weighted by Gasteiger charge is 2.15. The molecule has 5 nitrogen and oxygen atoms in total. The number of carbonyl (C=O) groups is 1. The van der Waals surface area contributed by atoms with E-state index in [2.05, 4.69) is 15.3 Å². The first-order chi connectivity index (χ1) is 12.3. The fourth-order valence-corrected chi connectivity index (χ4v) is 3.06. The predicted molar refractivity (Wildman–Crippen MR) is 109 cm³/mol. The summed E-state index contributed by atoms with van der Waals surface area (Å²) >= 11 is 7.88. The van der Waals surface area contributed by atoms with Gasteiger partial charge in [-0.25, -0.2) is 9.97 Å². The second-order valence-electron chi connectivity index (χ2n) is 7.04. The molecule has 2 rings (SSSR count). The van der Waals surface area contributed by atoms with Crippen LogP contribution in [-0.4, -0.2) is 34.3 Å². The maximum Gasteiger partial charge on any atom is 0.306 e. The van der Waals surface area contributed by atoms with Gasteiger partial charge in [0.2, 0.25) is 0 Å². The maximum absolute atomic E-state index is 11.7. The van der Waals surface area contributed by atoms with E-state index in [1.54, 1.807) is 11.8 Å². The van der Waals surface area contributed by atoms with Gasteiger partial charge in [-0.15, -0.1) is 11.8 Å². The molecule has 2 aromatic rings. The van der Waals surface area contributed by atoms with Crippen molar-refractivity contribution in [2.45, 2.75) is 57.0 Å². The van der Waals surface area contributed by atoms with Gasteiger partial charge in [0.25, 0.3) is 0 Å². The second-order valence-corrected chi connectivity index (χ2v) is 8.28. The van der Waals surface area contributed by atoms with Crippen LogP contribution < -0.4 is 5.32 Å². The van der Waals surface area contributed by atoms with E-state index < -0.39 is 5.60 Å². The summed E-state index contributed by atoms with van der Waals surface area (Å²) in [6.07, 6.45) is 5.14. The number of benzene rings is 1. The van der Waals surface area contributed by atoms with Crippen LogP contribution in [0.3, 0.4) is 0 Å². The molecular weight excluding hydrogens is 370 g/mol. The zero-order valence-corrected chi connectivity index (χ0v) is 17.3. The predicted octanol–water partition coefficient (Wildman–Crippen LogP) is 5.32. The molecule has 1 aromatic carbocycles. The summed E-state index contributed by atoms with van der Waals surface area (Å²) in [6, 6.07) is 5.95. The number of anilines is 1. The van der Waals surface area contributed by atoms with E-state index in [0.717, 1.165) is 41.7 Å². The molecular formula is C19H26ClN3O2S. The van der Waals surface area contributed by atoms with Gasteiger partial charge < -0.3 is 10.1 Å². The standard InChI is InChI=1S/C19H26ClN3O2S/c1-19(2,3)25-16(24)8-6-5-7-11-21-18-17(20)22-14-10-9-13(26-4)12-15(14)23-18/h9-10,12H,5-8,11H2,1-4H3,(H,21,23). The molecule has 0 atom stereocenters. The molecule has 0 fully saturated rings. The minimum atomic E-state index is -0.416. The van der Waals surface area contributed by atoms with Crippen LogP contribution >= 0.6 is 23.4 Å². The fourth-order valence-electron chi connectivity index (χ4n) is 2.42. The molecule has 1 N–H and O–H groups in total. The van der Waals surface area contributed by atoms with Gasteiger partial charge in [-0.2, -0.15) is 0 Å². The molecule has 0 aliphatic rings. The number of nitrogens with one attached hydrogen (secondary N) is 1. The van der Waals surface area contributed by atoms with E-state index in [1.807, 2.05) is 45.2 Å². The topological polar surface area (TPSA) is 64.1 Å². The Morgan fingerprint density at radius 2 is 1.96 bits per heavy atom. The summed E-state index contributed by atoms with van der Waals surface area (Å²) in [5.74, 6) is 0.461. The molecule has 0 spiro atoms. The number of hydrogen-bond acceptors (Lipinski definition) is 6. The first-order valence-electron chi connectivity index (χ1n) is 8.75. The lowest BCUT2D eigenvalue weighted by Crippen LogP contribution is -2.23. The number of halogens is 1. The van der Waals surface area contributed by atoms with Crippen LogP contribution in [0.4, 0.5) is 5.82 Å². The lowest BCUT2D eigenvalue weighted by molar-refractivity contribution is -0.154. The van der Waals surface area contributed by atoms with Gasteiger partial charge in [-0.05, 0) is 58.1 Å². The van der Waals surface area contributed by atoms with Crippen molar-refractivity contribution in [3.8, 4) is 0 Å². The number of ether oxygens (including phenoxy) is 1. The third kappa shape index (κ3) is 6.65. The lowest BCUT2D eigenvalue weighted by Gasteiger charge is -2.19. The van der Waals surface area contributed by atoms with E-state index >= 15 is 0 Å². The molecule has 7 heteroatoms. The van der Waals surface area contributed by atoms with Crippen LogP contribution in [0.5, 0.6) is 0 Å². The van der Waals surface area contributed by atoms with E-state index in [0.29, 0.717) is 17.4 Å². The summed E-state index contributed by atoms with van der Waals surface area (Å²) in [6.45, 7) is 6.37. The highest BCUT2D eigenvalue weighted by molar-refractivity contribution is 7.98. The number of rotatable bonds is 8. The quantitative estimate of drug-likeness (QED) is 0.370. The minimum Gasteiger partial charge on any atom is -0.460 e. The molecule has 0 unspecified atom stereocenters. The molecule has 1 heterocycles. The number of carbonyl (C=O) groups excluding carboxylic acids is 1. The number of thioether (sulfide) groups is 1. The zero-order valence-electron chi connectivity index (χ0n) is 15.8. The number of hydrogen-bond donors (Lipinski definition) is 1. The molecule has 0 bridgehead atoms. The van der Waals surface area contributed by atoms with E-state index in [-0.39, 0.29) is 5.97 Å². The fraction of sp³-hybridized carbons (Fsp3) is 0.526. The van der Waals surface area contributed by atoms with Crippen LogP contribution in [-0.2, 0) is 9.53 Å². The molecule has 0 aliphatic carbocycles. The van der Waals surface area contributed by atoms with Crippen molar-refractivity contribution < 1.29 is 9.53 Å². The van der Waals surface area contributed by atoms with Crippen LogP contribution in [0, 0.1) is 0 Å². The largest absolute Gasteiger partial charge is 0.460 e. The highest BCUT2D eigenvalue weighted by atomic mass is 35.5. The first-order valence-corrected chi connectivity index (χ1v) is 10.4.